The van der Waals surface area contributed by atoms with Crippen LogP contribution in [-0.4, -0.2) is 40.6 Å². The Hall–Kier alpha value is -0.650. The molecule has 0 amide bonds. The van der Waals surface area contributed by atoms with Crippen LogP contribution in [0.3, 0.4) is 0 Å². The van der Waals surface area contributed by atoms with Crippen molar-refractivity contribution in [1.29, 1.82) is 0 Å². The van der Waals surface area contributed by atoms with E-state index in [2.05, 4.69) is 16.9 Å². The molecule has 3 N–H and O–H groups in total. The van der Waals surface area contributed by atoms with Crippen molar-refractivity contribution in [2.24, 2.45) is 0 Å². The van der Waals surface area contributed by atoms with Crippen LogP contribution in [0.15, 0.2) is 0 Å². The van der Waals surface area contributed by atoms with Crippen LogP contribution in [0.5, 0.6) is 0 Å². The number of halogens is 1. The minimum Gasteiger partial charge on any atom is -0.480 e. The molecule has 0 aliphatic rings. The van der Waals surface area contributed by atoms with E-state index in [-0.39, 0.29) is 18.3 Å². The van der Waals surface area contributed by atoms with E-state index in [4.69, 9.17) is 10.2 Å². The Morgan fingerprint density at radius 2 is 1.93 bits per heavy atom. The third-order valence-electron chi connectivity index (χ3n) is 1.36. The van der Waals surface area contributed by atoms with Crippen molar-refractivity contribution in [2.45, 2.75) is 32.7 Å². The first-order valence-electron chi connectivity index (χ1n) is 4.68. The monoisotopic (exact) mass is 239 g/mol. The van der Waals surface area contributed by atoms with Crippen LogP contribution >= 0.6 is 11.6 Å². The average molecular weight is 240 g/mol. The zero-order valence-electron chi connectivity index (χ0n) is 8.99. The maximum Gasteiger partial charge on any atom is 0.320 e. The molecule has 0 saturated carbocycles. The molecule has 0 spiro atoms. The van der Waals surface area contributed by atoms with Gasteiger partial charge in [-0.1, -0.05) is 6.92 Å². The summed E-state index contributed by atoms with van der Waals surface area (Å²) < 4.78 is 0. The van der Waals surface area contributed by atoms with Crippen LogP contribution in [0.4, 0.5) is 0 Å². The number of rotatable bonds is 6. The van der Waals surface area contributed by atoms with Gasteiger partial charge in [-0.05, 0) is 31.0 Å². The van der Waals surface area contributed by atoms with Crippen molar-refractivity contribution in [3.8, 4) is 0 Å². The summed E-state index contributed by atoms with van der Waals surface area (Å²) in [5.41, 5.74) is 0. The van der Waals surface area contributed by atoms with E-state index >= 15 is 0 Å². The van der Waals surface area contributed by atoms with E-state index in [1.54, 1.807) is 0 Å². The van der Waals surface area contributed by atoms with E-state index in [1.165, 1.54) is 6.92 Å². The van der Waals surface area contributed by atoms with Crippen molar-refractivity contribution in [1.82, 2.24) is 5.32 Å². The van der Waals surface area contributed by atoms with Gasteiger partial charge < -0.3 is 15.5 Å². The fraction of sp³-hybridized carbons (Fsp3) is 0.778. The van der Waals surface area contributed by atoms with Gasteiger partial charge in [0.1, 0.15) is 6.04 Å². The summed E-state index contributed by atoms with van der Waals surface area (Å²) in [7, 11) is 0. The number of hydrogen-bond acceptors (Lipinski definition) is 4. The fourth-order valence-corrected chi connectivity index (χ4v) is 0.761. The van der Waals surface area contributed by atoms with E-state index in [9.17, 15) is 9.59 Å². The quantitative estimate of drug-likeness (QED) is 0.591. The highest BCUT2D eigenvalue weighted by molar-refractivity contribution is 6.62. The van der Waals surface area contributed by atoms with Gasteiger partial charge in [-0.2, -0.15) is 0 Å². The van der Waals surface area contributed by atoms with Crippen molar-refractivity contribution >= 4 is 22.8 Å². The molecule has 1 atom stereocenters. The lowest BCUT2D eigenvalue weighted by atomic mass is 10.2. The molecule has 1 unspecified atom stereocenters. The topological polar surface area (TPSA) is 86.6 Å². The Balaban J connectivity index is 0. The summed E-state index contributed by atoms with van der Waals surface area (Å²) in [6.07, 6.45) is 1.17. The number of carbonyl (C=O) groups excluding carboxylic acids is 1. The number of carboxylic acids is 1. The highest BCUT2D eigenvalue weighted by Crippen LogP contribution is 1.90. The van der Waals surface area contributed by atoms with Crippen LogP contribution in [0.1, 0.15) is 26.7 Å². The predicted octanol–water partition coefficient (Wildman–Crippen LogP) is 0.593. The van der Waals surface area contributed by atoms with Crippen molar-refractivity contribution in [2.75, 3.05) is 13.2 Å². The Labute approximate surface area is 94.4 Å². The lowest BCUT2D eigenvalue weighted by Crippen LogP contribution is -2.37. The second kappa shape index (κ2) is 11.4. The van der Waals surface area contributed by atoms with Crippen molar-refractivity contribution in [3.63, 3.8) is 0 Å². The minimum absolute atomic E-state index is 0.0896. The molecule has 0 aliphatic carbocycles. The van der Waals surface area contributed by atoms with Crippen LogP contribution in [0.25, 0.3) is 0 Å². The molecular formula is C9H18ClNO4. The normalized spacial score (nSPS) is 11.2. The zero-order chi connectivity index (χ0) is 12.3. The highest BCUT2D eigenvalue weighted by atomic mass is 35.5. The SMILES string of the molecule is CC(=O)Cl.CCCNC(CCO)C(=O)O. The molecule has 90 valence electrons. The molecule has 0 aliphatic heterocycles. The summed E-state index contributed by atoms with van der Waals surface area (Å²) in [5, 5.41) is 19.5. The number of aliphatic hydroxyl groups is 1. The van der Waals surface area contributed by atoms with E-state index < -0.39 is 12.0 Å². The number of carboxylic acid groups (broad SMARTS) is 1. The largest absolute Gasteiger partial charge is 0.480 e. The Morgan fingerprint density at radius 3 is 2.20 bits per heavy atom. The third kappa shape index (κ3) is 16.1. The number of nitrogens with one attached hydrogen (secondary N) is 1. The summed E-state index contributed by atoms with van der Waals surface area (Å²) in [4.78, 5) is 19.6. The summed E-state index contributed by atoms with van der Waals surface area (Å²) >= 11 is 4.64. The molecule has 0 radical (unpaired) electrons. The molecule has 0 rings (SSSR count). The maximum absolute atomic E-state index is 10.4. The van der Waals surface area contributed by atoms with Gasteiger partial charge in [0.05, 0.1) is 0 Å². The fourth-order valence-electron chi connectivity index (χ4n) is 0.761. The molecule has 0 bridgehead atoms. The first-order chi connectivity index (χ1) is 6.95. The molecule has 0 aromatic carbocycles. The standard InChI is InChI=1S/C7H15NO3.C2H3ClO/c1-2-4-8-6(3-5-9)7(10)11;1-2(3)4/h6,8-9H,2-5H2,1H3,(H,10,11);1H3. The van der Waals surface area contributed by atoms with E-state index in [0.29, 0.717) is 6.54 Å². The van der Waals surface area contributed by atoms with Gasteiger partial charge in [0.2, 0.25) is 5.24 Å². The second-order valence-electron chi connectivity index (χ2n) is 2.83. The molecule has 0 heterocycles. The first kappa shape index (κ1) is 16.8. The van der Waals surface area contributed by atoms with Crippen LogP contribution in [0, 0.1) is 0 Å². The molecule has 5 nitrogen and oxygen atoms in total. The molecule has 0 aromatic rings. The summed E-state index contributed by atoms with van der Waals surface area (Å²) in [6, 6.07) is -0.597. The molecule has 0 fully saturated rings. The van der Waals surface area contributed by atoms with Gasteiger partial charge in [-0.15, -0.1) is 0 Å². The third-order valence-corrected chi connectivity index (χ3v) is 1.36. The minimum atomic E-state index is -0.896. The van der Waals surface area contributed by atoms with Crippen LogP contribution < -0.4 is 5.32 Å². The second-order valence-corrected chi connectivity index (χ2v) is 3.36. The first-order valence-corrected chi connectivity index (χ1v) is 5.06. The molecule has 15 heavy (non-hydrogen) atoms. The van der Waals surface area contributed by atoms with Crippen molar-refractivity contribution < 1.29 is 19.8 Å². The van der Waals surface area contributed by atoms with Gasteiger partial charge in [0.25, 0.3) is 0 Å². The van der Waals surface area contributed by atoms with Gasteiger partial charge in [0, 0.05) is 13.5 Å². The number of aliphatic hydroxyl groups excluding tert-OH is 1. The molecule has 0 saturated heterocycles. The van der Waals surface area contributed by atoms with Crippen LogP contribution in [-0.2, 0) is 9.59 Å². The van der Waals surface area contributed by atoms with E-state index in [1.807, 2.05) is 6.92 Å². The average Bonchev–Trinajstić information content (AvgIpc) is 2.10. The Kier molecular flexibility index (Phi) is 12.8. The van der Waals surface area contributed by atoms with Gasteiger partial charge >= 0.3 is 5.97 Å². The molecule has 6 heteroatoms. The van der Waals surface area contributed by atoms with Crippen molar-refractivity contribution in [3.05, 3.63) is 0 Å². The Bertz CT molecular complexity index is 183. The summed E-state index contributed by atoms with van der Waals surface area (Å²) in [5.74, 6) is -0.896. The van der Waals surface area contributed by atoms with Gasteiger partial charge in [0.15, 0.2) is 0 Å². The molecule has 0 aromatic heterocycles. The zero-order valence-corrected chi connectivity index (χ0v) is 9.75. The highest BCUT2D eigenvalue weighted by Gasteiger charge is 2.14. The lowest BCUT2D eigenvalue weighted by molar-refractivity contribution is -0.139. The smallest absolute Gasteiger partial charge is 0.320 e. The van der Waals surface area contributed by atoms with Gasteiger partial charge in [-0.3, -0.25) is 9.59 Å². The number of aliphatic carboxylic acids is 1. The predicted molar refractivity (Wildman–Crippen MR) is 58.0 cm³/mol. The lowest BCUT2D eigenvalue weighted by Gasteiger charge is -2.11. The van der Waals surface area contributed by atoms with Crippen LogP contribution in [0.2, 0.25) is 0 Å². The van der Waals surface area contributed by atoms with Gasteiger partial charge in [-0.25, -0.2) is 0 Å². The number of hydrogen-bond donors (Lipinski definition) is 3. The Morgan fingerprint density at radius 1 is 1.47 bits per heavy atom. The number of carbonyl (C=O) groups is 2. The molecular weight excluding hydrogens is 222 g/mol. The van der Waals surface area contributed by atoms with E-state index in [0.717, 1.165) is 6.42 Å². The summed E-state index contributed by atoms with van der Waals surface area (Å²) in [6.45, 7) is 3.84. The maximum atomic E-state index is 10.4.